The number of para-hydroxylation sites is 1. The molecule has 2 heterocycles. The fraction of sp³-hybridized carbons (Fsp3) is 0.217. The van der Waals surface area contributed by atoms with E-state index in [1.807, 2.05) is 31.2 Å². The first kappa shape index (κ1) is 19.9. The van der Waals surface area contributed by atoms with Crippen molar-refractivity contribution in [2.75, 3.05) is 7.11 Å². The van der Waals surface area contributed by atoms with Gasteiger partial charge in [-0.15, -0.1) is 0 Å². The van der Waals surface area contributed by atoms with Gasteiger partial charge in [0.1, 0.15) is 5.75 Å². The van der Waals surface area contributed by atoms with Crippen LogP contribution in [0.15, 0.2) is 54.6 Å². The summed E-state index contributed by atoms with van der Waals surface area (Å²) in [6, 6.07) is 15.8. The molecule has 0 amide bonds. The second kappa shape index (κ2) is 7.48. The largest absolute Gasteiger partial charge is 0.496 e. The predicted octanol–water partition coefficient (Wildman–Crippen LogP) is 5.79. The van der Waals surface area contributed by atoms with Crippen LogP contribution in [0.1, 0.15) is 22.4 Å². The summed E-state index contributed by atoms with van der Waals surface area (Å²) in [7, 11) is 1.48. The van der Waals surface area contributed by atoms with Gasteiger partial charge in [-0.1, -0.05) is 42.0 Å². The van der Waals surface area contributed by atoms with Crippen molar-refractivity contribution in [3.8, 4) is 17.0 Å². The number of aromatic nitrogens is 3. The Morgan fingerprint density at radius 3 is 2.37 bits per heavy atom. The van der Waals surface area contributed by atoms with E-state index in [-0.39, 0.29) is 16.7 Å². The molecule has 0 saturated heterocycles. The molecule has 0 saturated carbocycles. The molecule has 2 aromatic carbocycles. The van der Waals surface area contributed by atoms with Gasteiger partial charge in [0.25, 0.3) is 0 Å². The Balaban J connectivity index is 1.96. The maximum Gasteiger partial charge on any atom is 0.417 e. The monoisotopic (exact) mass is 411 g/mol. The number of hydrogen-bond donors (Lipinski definition) is 0. The number of aryl methyl sites for hydroxylation is 2. The first-order chi connectivity index (χ1) is 14.3. The van der Waals surface area contributed by atoms with E-state index in [9.17, 15) is 13.2 Å². The minimum atomic E-state index is -4.54. The van der Waals surface area contributed by atoms with E-state index in [2.05, 4.69) is 10.1 Å². The number of ether oxygens (including phenoxy) is 1. The van der Waals surface area contributed by atoms with E-state index in [1.165, 1.54) is 11.8 Å². The van der Waals surface area contributed by atoms with Crippen LogP contribution in [0.2, 0.25) is 0 Å². The average molecular weight is 411 g/mol. The molecule has 0 spiro atoms. The molecule has 0 unspecified atom stereocenters. The molecule has 0 bridgehead atoms. The topological polar surface area (TPSA) is 39.9 Å². The summed E-state index contributed by atoms with van der Waals surface area (Å²) in [5.74, 6) is 0.457. The number of methoxy groups -OCH3 is 1. The number of halogens is 3. The highest BCUT2D eigenvalue weighted by Gasteiger charge is 2.36. The van der Waals surface area contributed by atoms with Crippen molar-refractivity contribution in [1.29, 1.82) is 0 Å². The van der Waals surface area contributed by atoms with Gasteiger partial charge in [0.2, 0.25) is 0 Å². The van der Waals surface area contributed by atoms with E-state index >= 15 is 0 Å². The molecule has 30 heavy (non-hydrogen) atoms. The summed E-state index contributed by atoms with van der Waals surface area (Å²) in [6.07, 6.45) is -4.54. The maximum absolute atomic E-state index is 14.0. The Morgan fingerprint density at radius 1 is 1.00 bits per heavy atom. The maximum atomic E-state index is 14.0. The molecular formula is C23H20F3N3O. The molecule has 0 aliphatic carbocycles. The first-order valence-corrected chi connectivity index (χ1v) is 9.42. The number of rotatable bonds is 4. The third-order valence-electron chi connectivity index (χ3n) is 5.02. The molecule has 4 nitrogen and oxygen atoms in total. The molecule has 0 atom stereocenters. The minimum Gasteiger partial charge on any atom is -0.496 e. The van der Waals surface area contributed by atoms with Crippen LogP contribution in [-0.4, -0.2) is 21.9 Å². The van der Waals surface area contributed by atoms with Gasteiger partial charge in [0, 0.05) is 5.56 Å². The van der Waals surface area contributed by atoms with Crippen LogP contribution in [0.5, 0.6) is 5.75 Å². The molecule has 4 rings (SSSR count). The van der Waals surface area contributed by atoms with Crippen molar-refractivity contribution in [1.82, 2.24) is 14.8 Å². The third kappa shape index (κ3) is 3.63. The molecule has 0 radical (unpaired) electrons. The molecule has 0 aliphatic heterocycles. The number of fused-ring (bicyclic) bond motifs is 1. The third-order valence-corrected chi connectivity index (χ3v) is 5.02. The van der Waals surface area contributed by atoms with Crippen LogP contribution in [-0.2, 0) is 12.7 Å². The zero-order chi connectivity index (χ0) is 21.5. The second-order valence-electron chi connectivity index (χ2n) is 7.18. The fourth-order valence-corrected chi connectivity index (χ4v) is 3.55. The summed E-state index contributed by atoms with van der Waals surface area (Å²) < 4.78 is 48.7. The summed E-state index contributed by atoms with van der Waals surface area (Å²) in [5, 5.41) is 4.40. The quantitative estimate of drug-likeness (QED) is 0.427. The van der Waals surface area contributed by atoms with Gasteiger partial charge in [-0.2, -0.15) is 18.3 Å². The number of pyridine rings is 1. The van der Waals surface area contributed by atoms with Crippen LogP contribution < -0.4 is 4.74 Å². The Bertz CT molecular complexity index is 1210. The van der Waals surface area contributed by atoms with Crippen molar-refractivity contribution < 1.29 is 17.9 Å². The first-order valence-electron chi connectivity index (χ1n) is 9.42. The molecule has 0 aliphatic rings. The highest BCUT2D eigenvalue weighted by molar-refractivity contribution is 5.86. The summed E-state index contributed by atoms with van der Waals surface area (Å²) >= 11 is 0. The molecule has 0 N–H and O–H groups in total. The molecule has 154 valence electrons. The zero-order valence-electron chi connectivity index (χ0n) is 16.8. The van der Waals surface area contributed by atoms with Crippen molar-refractivity contribution in [3.05, 3.63) is 77.0 Å². The highest BCUT2D eigenvalue weighted by Crippen LogP contribution is 2.39. The van der Waals surface area contributed by atoms with Gasteiger partial charge >= 0.3 is 6.18 Å². The molecule has 4 aromatic rings. The van der Waals surface area contributed by atoms with Crippen LogP contribution in [0, 0.1) is 13.8 Å². The highest BCUT2D eigenvalue weighted by atomic mass is 19.4. The van der Waals surface area contributed by atoms with Crippen molar-refractivity contribution in [2.45, 2.75) is 26.6 Å². The molecular weight excluding hydrogens is 391 g/mol. The summed E-state index contributed by atoms with van der Waals surface area (Å²) in [5.41, 5.74) is 2.47. The number of benzene rings is 2. The zero-order valence-corrected chi connectivity index (χ0v) is 16.8. The summed E-state index contributed by atoms with van der Waals surface area (Å²) in [4.78, 5) is 4.58. The van der Waals surface area contributed by atoms with E-state index in [1.54, 1.807) is 31.2 Å². The number of hydrogen-bond acceptors (Lipinski definition) is 3. The molecule has 0 fully saturated rings. The Kier molecular flexibility index (Phi) is 4.97. The van der Waals surface area contributed by atoms with Gasteiger partial charge in [0.15, 0.2) is 5.65 Å². The molecule has 7 heteroatoms. The van der Waals surface area contributed by atoms with Crippen LogP contribution >= 0.6 is 0 Å². The van der Waals surface area contributed by atoms with E-state index in [0.717, 1.165) is 17.2 Å². The van der Waals surface area contributed by atoms with Crippen LogP contribution in [0.4, 0.5) is 13.2 Å². The van der Waals surface area contributed by atoms with Crippen LogP contribution in [0.3, 0.4) is 0 Å². The normalized spacial score (nSPS) is 11.8. The lowest BCUT2D eigenvalue weighted by molar-refractivity contribution is -0.136. The van der Waals surface area contributed by atoms with Gasteiger partial charge < -0.3 is 4.74 Å². The lowest BCUT2D eigenvalue weighted by Gasteiger charge is -2.13. The SMILES string of the molecule is COc1ccccc1-c1cc(C(F)(F)F)c2c(C)nn(Cc3ccc(C)cc3)c2n1. The summed E-state index contributed by atoms with van der Waals surface area (Å²) in [6.45, 7) is 3.88. The number of alkyl halides is 3. The van der Waals surface area contributed by atoms with E-state index < -0.39 is 11.7 Å². The standard InChI is InChI=1S/C23H20F3N3O/c1-14-8-10-16(11-9-14)13-29-22-21(15(2)28-29)18(23(24,25)26)12-19(27-22)17-6-4-5-7-20(17)30-3/h4-12H,13H2,1-3H3. The predicted molar refractivity (Wildman–Crippen MR) is 110 cm³/mol. The average Bonchev–Trinajstić information content (AvgIpc) is 3.03. The van der Waals surface area contributed by atoms with Crippen LogP contribution in [0.25, 0.3) is 22.3 Å². The van der Waals surface area contributed by atoms with Crippen molar-refractivity contribution >= 4 is 11.0 Å². The van der Waals surface area contributed by atoms with Gasteiger partial charge in [-0.3, -0.25) is 0 Å². The van der Waals surface area contributed by atoms with Gasteiger partial charge in [-0.25, -0.2) is 9.67 Å². The lowest BCUT2D eigenvalue weighted by Crippen LogP contribution is -2.09. The smallest absolute Gasteiger partial charge is 0.417 e. The van der Waals surface area contributed by atoms with Crippen molar-refractivity contribution in [2.24, 2.45) is 0 Å². The second-order valence-corrected chi connectivity index (χ2v) is 7.18. The van der Waals surface area contributed by atoms with Crippen molar-refractivity contribution in [3.63, 3.8) is 0 Å². The van der Waals surface area contributed by atoms with Gasteiger partial charge in [-0.05, 0) is 37.6 Å². The molecule has 2 aromatic heterocycles. The van der Waals surface area contributed by atoms with Gasteiger partial charge in [0.05, 0.1) is 36.0 Å². The Morgan fingerprint density at radius 2 is 1.70 bits per heavy atom. The lowest BCUT2D eigenvalue weighted by atomic mass is 10.0. The fourth-order valence-electron chi connectivity index (χ4n) is 3.55. The van der Waals surface area contributed by atoms with E-state index in [0.29, 0.717) is 23.6 Å². The Labute approximate surface area is 171 Å². The Hall–Kier alpha value is -3.35. The number of nitrogens with zero attached hydrogens (tertiary/aromatic N) is 3. The minimum absolute atomic E-state index is 0.0215. The van der Waals surface area contributed by atoms with E-state index in [4.69, 9.17) is 4.74 Å².